The summed E-state index contributed by atoms with van der Waals surface area (Å²) >= 11 is 0. The van der Waals surface area contributed by atoms with Crippen LogP contribution < -0.4 is 14.8 Å². The molecule has 0 unspecified atom stereocenters. The summed E-state index contributed by atoms with van der Waals surface area (Å²) in [5.74, 6) is 1.76. The van der Waals surface area contributed by atoms with E-state index >= 15 is 0 Å². The van der Waals surface area contributed by atoms with Crippen molar-refractivity contribution in [2.24, 2.45) is 0 Å². The number of hydrogen-bond donors (Lipinski definition) is 1. The third-order valence-electron chi connectivity index (χ3n) is 1.95. The second kappa shape index (κ2) is 3.56. The maximum atomic E-state index is 5.47. The Kier molecular flexibility index (Phi) is 2.25. The van der Waals surface area contributed by atoms with Crippen LogP contribution in [0.2, 0.25) is 0 Å². The van der Waals surface area contributed by atoms with Gasteiger partial charge >= 0.3 is 0 Å². The van der Waals surface area contributed by atoms with E-state index in [0.717, 1.165) is 30.3 Å². The lowest BCUT2D eigenvalue weighted by molar-refractivity contribution is 0.310. The van der Waals surface area contributed by atoms with Crippen molar-refractivity contribution in [1.29, 1.82) is 0 Å². The van der Waals surface area contributed by atoms with Crippen molar-refractivity contribution in [3.8, 4) is 11.5 Å². The highest BCUT2D eigenvalue weighted by molar-refractivity contribution is 5.67. The summed E-state index contributed by atoms with van der Waals surface area (Å²) in [5, 5.41) is 3.27. The van der Waals surface area contributed by atoms with Crippen molar-refractivity contribution in [3.63, 3.8) is 0 Å². The van der Waals surface area contributed by atoms with Crippen molar-refractivity contribution in [1.82, 2.24) is 0 Å². The summed E-state index contributed by atoms with van der Waals surface area (Å²) in [6.07, 6.45) is 0. The molecule has 0 aliphatic carbocycles. The molecule has 0 saturated carbocycles. The van der Waals surface area contributed by atoms with E-state index in [-0.39, 0.29) is 0 Å². The molecule has 0 amide bonds. The summed E-state index contributed by atoms with van der Waals surface area (Å²) in [5.41, 5.74) is 0.982. The van der Waals surface area contributed by atoms with Crippen molar-refractivity contribution in [2.45, 2.75) is 6.92 Å². The third-order valence-corrected chi connectivity index (χ3v) is 1.95. The Morgan fingerprint density at radius 2 is 2.46 bits per heavy atom. The van der Waals surface area contributed by atoms with Crippen molar-refractivity contribution >= 4 is 5.69 Å². The molecule has 0 bridgehead atoms. The summed E-state index contributed by atoms with van der Waals surface area (Å²) in [4.78, 5) is 0. The van der Waals surface area contributed by atoms with Gasteiger partial charge in [0.1, 0.15) is 23.8 Å². The Labute approximate surface area is 77.7 Å². The van der Waals surface area contributed by atoms with E-state index < -0.39 is 0 Å². The molecule has 1 aliphatic heterocycles. The molecule has 0 saturated heterocycles. The Bertz CT molecular complexity index is 299. The van der Waals surface area contributed by atoms with E-state index in [4.69, 9.17) is 9.47 Å². The van der Waals surface area contributed by atoms with Gasteiger partial charge in [-0.25, -0.2) is 0 Å². The van der Waals surface area contributed by atoms with E-state index in [2.05, 4.69) is 5.32 Å². The lowest BCUT2D eigenvalue weighted by atomic mass is 10.2. The molecule has 0 spiro atoms. The predicted octanol–water partition coefficient (Wildman–Crippen LogP) is 1.89. The molecule has 3 nitrogen and oxygen atoms in total. The van der Waals surface area contributed by atoms with Gasteiger partial charge in [-0.2, -0.15) is 0 Å². The summed E-state index contributed by atoms with van der Waals surface area (Å²) < 4.78 is 10.9. The number of nitrogens with one attached hydrogen (secondary N) is 1. The van der Waals surface area contributed by atoms with Crippen LogP contribution in [0.5, 0.6) is 11.5 Å². The molecule has 0 atom stereocenters. The summed E-state index contributed by atoms with van der Waals surface area (Å²) in [7, 11) is 0. The molecule has 1 heterocycles. The zero-order valence-electron chi connectivity index (χ0n) is 7.67. The van der Waals surface area contributed by atoms with Crippen LogP contribution >= 0.6 is 0 Å². The van der Waals surface area contributed by atoms with Gasteiger partial charge in [0, 0.05) is 6.54 Å². The molecule has 1 N–H and O–H groups in total. The topological polar surface area (TPSA) is 30.5 Å². The molecule has 0 aromatic heterocycles. The first-order valence-corrected chi connectivity index (χ1v) is 4.54. The predicted molar refractivity (Wildman–Crippen MR) is 51.6 cm³/mol. The lowest BCUT2D eigenvalue weighted by Crippen LogP contribution is -2.18. The molecule has 2 rings (SSSR count). The Morgan fingerprint density at radius 1 is 1.54 bits per heavy atom. The highest BCUT2D eigenvalue weighted by atomic mass is 16.5. The van der Waals surface area contributed by atoms with Gasteiger partial charge in [0.25, 0.3) is 0 Å². The standard InChI is InChI=1S/C10H13NO2/c1-2-12-8-4-3-5-9-10(8)11-6-7-13-9/h3-5,11H,2,6-7H2,1H3. The zero-order valence-corrected chi connectivity index (χ0v) is 7.67. The van der Waals surface area contributed by atoms with Crippen LogP contribution in [0.15, 0.2) is 18.2 Å². The normalized spacial score (nSPS) is 13.9. The second-order valence-electron chi connectivity index (χ2n) is 2.84. The fraction of sp³-hybridized carbons (Fsp3) is 0.400. The summed E-state index contributed by atoms with van der Waals surface area (Å²) in [6, 6.07) is 5.84. The van der Waals surface area contributed by atoms with Gasteiger partial charge < -0.3 is 14.8 Å². The van der Waals surface area contributed by atoms with Gasteiger partial charge in [-0.15, -0.1) is 0 Å². The van der Waals surface area contributed by atoms with Crippen molar-refractivity contribution in [3.05, 3.63) is 18.2 Å². The average molecular weight is 179 g/mol. The third kappa shape index (κ3) is 1.54. The first kappa shape index (κ1) is 8.23. The van der Waals surface area contributed by atoms with Crippen molar-refractivity contribution in [2.75, 3.05) is 25.1 Å². The zero-order chi connectivity index (χ0) is 9.10. The first-order valence-electron chi connectivity index (χ1n) is 4.54. The smallest absolute Gasteiger partial charge is 0.146 e. The van der Waals surface area contributed by atoms with E-state index in [0.29, 0.717) is 6.61 Å². The van der Waals surface area contributed by atoms with E-state index in [1.807, 2.05) is 25.1 Å². The summed E-state index contributed by atoms with van der Waals surface area (Å²) in [6.45, 7) is 4.22. The van der Waals surface area contributed by atoms with Crippen LogP contribution in [0.3, 0.4) is 0 Å². The van der Waals surface area contributed by atoms with Gasteiger partial charge in [0.2, 0.25) is 0 Å². The SMILES string of the molecule is CCOc1cccc2c1NCCO2. The number of hydrogen-bond acceptors (Lipinski definition) is 3. The van der Waals surface area contributed by atoms with Crippen LogP contribution in [-0.2, 0) is 0 Å². The molecule has 3 heteroatoms. The molecule has 0 radical (unpaired) electrons. The molecular formula is C10H13NO2. The van der Waals surface area contributed by atoms with Crippen LogP contribution in [0.4, 0.5) is 5.69 Å². The molecular weight excluding hydrogens is 166 g/mol. The fourth-order valence-corrected chi connectivity index (χ4v) is 1.42. The van der Waals surface area contributed by atoms with Gasteiger partial charge in [-0.05, 0) is 19.1 Å². The molecule has 1 aromatic rings. The Balaban J connectivity index is 2.34. The Hall–Kier alpha value is -1.38. The van der Waals surface area contributed by atoms with Crippen LogP contribution in [0.1, 0.15) is 6.92 Å². The highest BCUT2D eigenvalue weighted by Crippen LogP contribution is 2.35. The highest BCUT2D eigenvalue weighted by Gasteiger charge is 2.13. The number of benzene rings is 1. The number of rotatable bonds is 2. The Morgan fingerprint density at radius 3 is 3.31 bits per heavy atom. The quantitative estimate of drug-likeness (QED) is 0.752. The van der Waals surface area contributed by atoms with Crippen LogP contribution in [0.25, 0.3) is 0 Å². The van der Waals surface area contributed by atoms with Gasteiger partial charge in [-0.1, -0.05) is 6.07 Å². The number of anilines is 1. The van der Waals surface area contributed by atoms with E-state index in [1.54, 1.807) is 0 Å². The number of fused-ring (bicyclic) bond motifs is 1. The van der Waals surface area contributed by atoms with E-state index in [9.17, 15) is 0 Å². The first-order chi connectivity index (χ1) is 6.42. The van der Waals surface area contributed by atoms with Crippen molar-refractivity contribution < 1.29 is 9.47 Å². The van der Waals surface area contributed by atoms with Crippen LogP contribution in [-0.4, -0.2) is 19.8 Å². The minimum atomic E-state index is 0.679. The fourth-order valence-electron chi connectivity index (χ4n) is 1.42. The average Bonchev–Trinajstić information content (AvgIpc) is 2.19. The second-order valence-corrected chi connectivity index (χ2v) is 2.84. The minimum absolute atomic E-state index is 0.679. The largest absolute Gasteiger partial charge is 0.492 e. The van der Waals surface area contributed by atoms with Gasteiger partial charge in [0.15, 0.2) is 0 Å². The van der Waals surface area contributed by atoms with Gasteiger partial charge in [-0.3, -0.25) is 0 Å². The maximum Gasteiger partial charge on any atom is 0.146 e. The number of ether oxygens (including phenoxy) is 2. The maximum absolute atomic E-state index is 5.47. The monoisotopic (exact) mass is 179 g/mol. The number of para-hydroxylation sites is 1. The lowest BCUT2D eigenvalue weighted by Gasteiger charge is -2.21. The molecule has 1 aliphatic rings. The van der Waals surface area contributed by atoms with Crippen LogP contribution in [0, 0.1) is 0 Å². The molecule has 0 fully saturated rings. The minimum Gasteiger partial charge on any atom is -0.492 e. The van der Waals surface area contributed by atoms with Gasteiger partial charge in [0.05, 0.1) is 6.61 Å². The molecule has 70 valence electrons. The van der Waals surface area contributed by atoms with E-state index in [1.165, 1.54) is 0 Å². The molecule has 1 aromatic carbocycles. The molecule has 13 heavy (non-hydrogen) atoms.